The summed E-state index contributed by atoms with van der Waals surface area (Å²) in [5.41, 5.74) is 2.46. The quantitative estimate of drug-likeness (QED) is 0.778. The number of benzene rings is 1. The van der Waals surface area contributed by atoms with Crippen molar-refractivity contribution in [1.29, 1.82) is 0 Å². The first-order valence-electron chi connectivity index (χ1n) is 6.16. The first kappa shape index (κ1) is 12.3. The van der Waals surface area contributed by atoms with Gasteiger partial charge in [0.05, 0.1) is 6.54 Å². The van der Waals surface area contributed by atoms with Gasteiger partial charge >= 0.3 is 0 Å². The minimum Gasteiger partial charge on any atom is -0.315 e. The summed E-state index contributed by atoms with van der Waals surface area (Å²) in [7, 11) is 0. The Balaban J connectivity index is 2.15. The van der Waals surface area contributed by atoms with Gasteiger partial charge in [-0.3, -0.25) is 4.90 Å². The molecule has 0 aromatic heterocycles. The lowest BCUT2D eigenvalue weighted by atomic mass is 10.2. The number of nitrogens with one attached hydrogen (secondary N) is 2. The monoisotopic (exact) mass is 250 g/mol. The molecule has 1 aromatic rings. The van der Waals surface area contributed by atoms with Crippen molar-refractivity contribution in [2.75, 3.05) is 24.8 Å². The van der Waals surface area contributed by atoms with Gasteiger partial charge < -0.3 is 10.2 Å². The van der Waals surface area contributed by atoms with Crippen LogP contribution in [0.15, 0.2) is 24.3 Å². The van der Waals surface area contributed by atoms with Crippen LogP contribution >= 0.6 is 12.2 Å². The molecule has 17 heavy (non-hydrogen) atoms. The third kappa shape index (κ3) is 2.96. The molecule has 0 bridgehead atoms. The van der Waals surface area contributed by atoms with Crippen molar-refractivity contribution in [3.8, 4) is 0 Å². The summed E-state index contributed by atoms with van der Waals surface area (Å²) in [5.74, 6) is 0. The molecule has 1 aliphatic rings. The lowest BCUT2D eigenvalue weighted by molar-refractivity contribution is -0.903. The molecule has 0 radical (unpaired) electrons. The number of hydrogen-bond acceptors (Lipinski definition) is 1. The van der Waals surface area contributed by atoms with Crippen molar-refractivity contribution in [3.05, 3.63) is 29.8 Å². The molecule has 0 amide bonds. The van der Waals surface area contributed by atoms with E-state index in [2.05, 4.69) is 48.3 Å². The lowest BCUT2D eigenvalue weighted by Crippen LogP contribution is -3.17. The van der Waals surface area contributed by atoms with Gasteiger partial charge in [-0.15, -0.1) is 0 Å². The summed E-state index contributed by atoms with van der Waals surface area (Å²) < 4.78 is 0. The molecule has 1 heterocycles. The van der Waals surface area contributed by atoms with E-state index in [9.17, 15) is 0 Å². The number of quaternary nitrogens is 1. The summed E-state index contributed by atoms with van der Waals surface area (Å²) in [6.45, 7) is 7.41. The Hall–Kier alpha value is -1.13. The van der Waals surface area contributed by atoms with E-state index in [4.69, 9.17) is 12.2 Å². The van der Waals surface area contributed by atoms with Gasteiger partial charge in [-0.05, 0) is 43.3 Å². The molecule has 3 nitrogen and oxygen atoms in total. The van der Waals surface area contributed by atoms with E-state index in [-0.39, 0.29) is 0 Å². The molecule has 4 heteroatoms. The Morgan fingerprint density at radius 3 is 3.00 bits per heavy atom. The standard InChI is InChI=1S/C13H19N3S/c1-3-7-15-9-14-13(17)16(10-15)12-6-4-5-11(2)8-12/h4-6,8H,3,7,9-10H2,1-2H3,(H,14,17)/p+1. The van der Waals surface area contributed by atoms with E-state index in [0.717, 1.165) is 18.4 Å². The fourth-order valence-electron chi connectivity index (χ4n) is 2.17. The normalized spacial score (nSPS) is 20.2. The van der Waals surface area contributed by atoms with E-state index in [1.807, 2.05) is 0 Å². The van der Waals surface area contributed by atoms with Crippen molar-refractivity contribution in [3.63, 3.8) is 0 Å². The predicted octanol–water partition coefficient (Wildman–Crippen LogP) is 0.899. The molecule has 1 unspecified atom stereocenters. The smallest absolute Gasteiger partial charge is 0.182 e. The summed E-state index contributed by atoms with van der Waals surface area (Å²) in [6.07, 6.45) is 1.20. The average molecular weight is 250 g/mol. The van der Waals surface area contributed by atoms with E-state index in [1.165, 1.54) is 29.1 Å². The van der Waals surface area contributed by atoms with Crippen LogP contribution in [0.5, 0.6) is 0 Å². The molecular weight excluding hydrogens is 230 g/mol. The molecule has 1 aliphatic heterocycles. The number of anilines is 1. The molecule has 1 fully saturated rings. The van der Waals surface area contributed by atoms with Crippen molar-refractivity contribution in [2.45, 2.75) is 20.3 Å². The second-order valence-electron chi connectivity index (χ2n) is 4.58. The molecule has 2 rings (SSSR count). The van der Waals surface area contributed by atoms with Gasteiger partial charge in [0.1, 0.15) is 0 Å². The third-order valence-electron chi connectivity index (χ3n) is 3.03. The Labute approximate surface area is 108 Å². The van der Waals surface area contributed by atoms with Crippen LogP contribution in [0.1, 0.15) is 18.9 Å². The molecule has 1 aromatic carbocycles. The second-order valence-corrected chi connectivity index (χ2v) is 4.97. The van der Waals surface area contributed by atoms with Crippen LogP contribution in [0.2, 0.25) is 0 Å². The summed E-state index contributed by atoms with van der Waals surface area (Å²) in [5, 5.41) is 4.15. The Morgan fingerprint density at radius 1 is 1.47 bits per heavy atom. The highest BCUT2D eigenvalue weighted by atomic mass is 32.1. The number of thiocarbonyl (C=S) groups is 1. The van der Waals surface area contributed by atoms with Crippen molar-refractivity contribution in [1.82, 2.24) is 5.32 Å². The van der Waals surface area contributed by atoms with Gasteiger partial charge in [-0.2, -0.15) is 0 Å². The molecule has 92 valence electrons. The topological polar surface area (TPSA) is 19.7 Å². The Morgan fingerprint density at radius 2 is 2.29 bits per heavy atom. The summed E-state index contributed by atoms with van der Waals surface area (Å²) in [4.78, 5) is 3.72. The highest BCUT2D eigenvalue weighted by molar-refractivity contribution is 7.80. The van der Waals surface area contributed by atoms with Crippen LogP contribution in [0.4, 0.5) is 5.69 Å². The maximum absolute atomic E-state index is 5.39. The van der Waals surface area contributed by atoms with E-state index in [1.54, 1.807) is 0 Å². The largest absolute Gasteiger partial charge is 0.315 e. The fraction of sp³-hybridized carbons (Fsp3) is 0.462. The number of aryl methyl sites for hydroxylation is 1. The SMILES string of the molecule is CCC[NH+]1CNC(=S)N(c2cccc(C)c2)C1. The van der Waals surface area contributed by atoms with Gasteiger partial charge in [-0.1, -0.05) is 19.1 Å². The van der Waals surface area contributed by atoms with Gasteiger partial charge in [-0.25, -0.2) is 0 Å². The fourth-order valence-corrected chi connectivity index (χ4v) is 2.41. The summed E-state index contributed by atoms with van der Waals surface area (Å²) >= 11 is 5.39. The van der Waals surface area contributed by atoms with E-state index in [0.29, 0.717) is 0 Å². The second kappa shape index (κ2) is 5.47. The summed E-state index contributed by atoms with van der Waals surface area (Å²) in [6, 6.07) is 8.50. The highest BCUT2D eigenvalue weighted by Gasteiger charge is 2.23. The van der Waals surface area contributed by atoms with Crippen LogP contribution in [-0.2, 0) is 0 Å². The highest BCUT2D eigenvalue weighted by Crippen LogP contribution is 2.15. The van der Waals surface area contributed by atoms with E-state index >= 15 is 0 Å². The maximum Gasteiger partial charge on any atom is 0.182 e. The van der Waals surface area contributed by atoms with Gasteiger partial charge in [0, 0.05) is 5.69 Å². The minimum atomic E-state index is 0.843. The van der Waals surface area contributed by atoms with Crippen LogP contribution < -0.4 is 15.1 Å². The zero-order valence-corrected chi connectivity index (χ0v) is 11.3. The zero-order valence-electron chi connectivity index (χ0n) is 10.5. The molecule has 1 saturated heterocycles. The van der Waals surface area contributed by atoms with Crippen molar-refractivity contribution >= 4 is 23.0 Å². The first-order chi connectivity index (χ1) is 8.20. The van der Waals surface area contributed by atoms with Crippen molar-refractivity contribution < 1.29 is 4.90 Å². The van der Waals surface area contributed by atoms with Crippen LogP contribution in [-0.4, -0.2) is 25.0 Å². The van der Waals surface area contributed by atoms with Gasteiger partial charge in [0.15, 0.2) is 18.4 Å². The minimum absolute atomic E-state index is 0.843. The van der Waals surface area contributed by atoms with Gasteiger partial charge in [0.25, 0.3) is 0 Å². The molecule has 0 aliphatic carbocycles. The van der Waals surface area contributed by atoms with Gasteiger partial charge in [0.2, 0.25) is 0 Å². The first-order valence-corrected chi connectivity index (χ1v) is 6.57. The Bertz CT molecular complexity index is 405. The lowest BCUT2D eigenvalue weighted by Gasteiger charge is -2.35. The van der Waals surface area contributed by atoms with Crippen LogP contribution in [0.25, 0.3) is 0 Å². The number of rotatable bonds is 3. The number of nitrogens with zero attached hydrogens (tertiary/aromatic N) is 1. The molecular formula is C13H20N3S+. The van der Waals surface area contributed by atoms with E-state index < -0.39 is 0 Å². The Kier molecular flexibility index (Phi) is 3.97. The maximum atomic E-state index is 5.39. The zero-order chi connectivity index (χ0) is 12.3. The molecule has 1 atom stereocenters. The molecule has 2 N–H and O–H groups in total. The van der Waals surface area contributed by atoms with Crippen LogP contribution in [0, 0.1) is 6.92 Å². The van der Waals surface area contributed by atoms with Crippen LogP contribution in [0.3, 0.4) is 0 Å². The predicted molar refractivity (Wildman–Crippen MR) is 75.2 cm³/mol. The molecule has 0 spiro atoms. The average Bonchev–Trinajstić information content (AvgIpc) is 2.32. The van der Waals surface area contributed by atoms with Crippen molar-refractivity contribution in [2.24, 2.45) is 0 Å². The molecule has 0 saturated carbocycles. The number of hydrogen-bond donors (Lipinski definition) is 2. The third-order valence-corrected chi connectivity index (χ3v) is 3.40.